The van der Waals surface area contributed by atoms with Crippen LogP contribution in [0.4, 0.5) is 0 Å². The van der Waals surface area contributed by atoms with E-state index in [9.17, 15) is 0 Å². The number of benzene rings is 4. The van der Waals surface area contributed by atoms with Crippen LogP contribution in [0.25, 0.3) is 50.0 Å². The van der Waals surface area contributed by atoms with Crippen molar-refractivity contribution in [3.8, 4) is 28.2 Å². The zero-order chi connectivity index (χ0) is 33.3. The summed E-state index contributed by atoms with van der Waals surface area (Å²) in [6.45, 7) is 0. The van der Waals surface area contributed by atoms with Crippen molar-refractivity contribution < 1.29 is 0 Å². The summed E-state index contributed by atoms with van der Waals surface area (Å²) in [5.74, 6) is 8.25. The number of aromatic nitrogens is 4. The van der Waals surface area contributed by atoms with E-state index in [4.69, 9.17) is 15.0 Å². The molecular weight excluding hydrogens is 621 g/mol. The third-order valence-electron chi connectivity index (χ3n) is 14.8. The molecule has 0 unspecified atom stereocenters. The largest absolute Gasteiger partial charge is 0.308 e. The number of nitrogens with zero attached hydrogens (tertiary/aromatic N) is 4. The lowest BCUT2D eigenvalue weighted by atomic mass is 9.49. The van der Waals surface area contributed by atoms with Crippen molar-refractivity contribution >= 4 is 21.8 Å². The summed E-state index contributed by atoms with van der Waals surface area (Å²) < 4.78 is 2.51. The third-order valence-corrected chi connectivity index (χ3v) is 14.8. The Morgan fingerprint density at radius 1 is 0.431 bits per heavy atom. The summed E-state index contributed by atoms with van der Waals surface area (Å²) in [5, 5.41) is 2.56. The summed E-state index contributed by atoms with van der Waals surface area (Å²) in [6.07, 6.45) is 16.2. The lowest BCUT2D eigenvalue weighted by Crippen LogP contribution is -2.51. The number of hydrogen-bond acceptors (Lipinski definition) is 3. The van der Waals surface area contributed by atoms with Crippen LogP contribution in [-0.2, 0) is 10.8 Å². The van der Waals surface area contributed by atoms with Gasteiger partial charge >= 0.3 is 0 Å². The van der Waals surface area contributed by atoms with E-state index in [1.165, 1.54) is 116 Å². The Kier molecular flexibility index (Phi) is 6.10. The molecule has 0 amide bonds. The molecule has 0 N–H and O–H groups in total. The highest BCUT2D eigenvalue weighted by molar-refractivity contribution is 6.10. The molecule has 51 heavy (non-hydrogen) atoms. The van der Waals surface area contributed by atoms with Gasteiger partial charge in [0, 0.05) is 32.7 Å². The van der Waals surface area contributed by atoms with E-state index in [2.05, 4.69) is 102 Å². The molecule has 0 aliphatic heterocycles. The molecule has 0 spiro atoms. The second kappa shape index (κ2) is 10.6. The lowest BCUT2D eigenvalue weighted by molar-refractivity contribution is -0.0155. The van der Waals surface area contributed by atoms with Crippen molar-refractivity contribution in [2.75, 3.05) is 0 Å². The zero-order valence-electron chi connectivity index (χ0n) is 29.5. The van der Waals surface area contributed by atoms with Gasteiger partial charge in [0.05, 0.1) is 16.7 Å². The molecule has 0 saturated heterocycles. The number of para-hydroxylation sites is 3. The van der Waals surface area contributed by atoms with Crippen LogP contribution in [0, 0.1) is 35.5 Å². The molecule has 0 radical (unpaired) electrons. The molecule has 4 aromatic carbocycles. The molecule has 254 valence electrons. The Hall–Kier alpha value is -4.31. The fraction of sp³-hybridized carbons (Fsp3) is 0.426. The fourth-order valence-electron chi connectivity index (χ4n) is 13.7. The maximum Gasteiger partial charge on any atom is 0.165 e. The van der Waals surface area contributed by atoms with Crippen molar-refractivity contribution in [2.24, 2.45) is 35.5 Å². The van der Waals surface area contributed by atoms with Gasteiger partial charge in [-0.1, -0.05) is 78.9 Å². The van der Waals surface area contributed by atoms with Crippen LogP contribution in [-0.4, -0.2) is 19.5 Å². The maximum atomic E-state index is 5.78. The summed E-state index contributed by atoms with van der Waals surface area (Å²) in [7, 11) is 0. The molecule has 4 nitrogen and oxygen atoms in total. The third kappa shape index (κ3) is 4.34. The molecule has 14 rings (SSSR count). The Morgan fingerprint density at radius 2 is 0.863 bits per heavy atom. The van der Waals surface area contributed by atoms with Crippen molar-refractivity contribution in [3.05, 3.63) is 109 Å². The van der Waals surface area contributed by atoms with Crippen molar-refractivity contribution in [1.82, 2.24) is 19.5 Å². The van der Waals surface area contributed by atoms with Gasteiger partial charge in [0.2, 0.25) is 0 Å². The SMILES string of the molecule is c1ccc(-c2cccc(-c3nc(C45CC6CC(CC(C6)C4)C5)nc(C45CC6CC(CC(C6)C4)C5)n3)c2-n2c3ccccc3c3ccccc32)cc1. The first-order valence-corrected chi connectivity index (χ1v) is 20.0. The van der Waals surface area contributed by atoms with Gasteiger partial charge in [0.25, 0.3) is 0 Å². The number of rotatable bonds is 5. The van der Waals surface area contributed by atoms with Gasteiger partial charge in [-0.05, 0) is 136 Å². The molecule has 8 saturated carbocycles. The van der Waals surface area contributed by atoms with Crippen LogP contribution in [0.1, 0.15) is 88.7 Å². The highest BCUT2D eigenvalue weighted by atomic mass is 15.1. The molecule has 8 aliphatic carbocycles. The zero-order valence-corrected chi connectivity index (χ0v) is 29.5. The molecule has 2 aromatic heterocycles. The van der Waals surface area contributed by atoms with Crippen LogP contribution in [0.5, 0.6) is 0 Å². The van der Waals surface area contributed by atoms with Gasteiger partial charge in [-0.2, -0.15) is 0 Å². The first-order valence-electron chi connectivity index (χ1n) is 20.0. The van der Waals surface area contributed by atoms with Crippen LogP contribution < -0.4 is 0 Å². The average Bonchev–Trinajstić information content (AvgIpc) is 3.48. The predicted molar refractivity (Wildman–Crippen MR) is 205 cm³/mol. The highest BCUT2D eigenvalue weighted by Gasteiger charge is 2.56. The Morgan fingerprint density at radius 3 is 1.35 bits per heavy atom. The van der Waals surface area contributed by atoms with Crippen LogP contribution >= 0.6 is 0 Å². The van der Waals surface area contributed by atoms with E-state index in [-0.39, 0.29) is 10.8 Å². The second-order valence-corrected chi connectivity index (χ2v) is 18.1. The van der Waals surface area contributed by atoms with Crippen LogP contribution in [0.15, 0.2) is 97.1 Å². The van der Waals surface area contributed by atoms with Crippen LogP contribution in [0.3, 0.4) is 0 Å². The van der Waals surface area contributed by atoms with Gasteiger partial charge < -0.3 is 4.57 Å². The topological polar surface area (TPSA) is 43.6 Å². The minimum atomic E-state index is 0.105. The monoisotopic (exact) mass is 666 g/mol. The van der Waals surface area contributed by atoms with Gasteiger partial charge in [0.15, 0.2) is 5.82 Å². The van der Waals surface area contributed by atoms with E-state index in [1.807, 2.05) is 0 Å². The van der Waals surface area contributed by atoms with E-state index >= 15 is 0 Å². The Bertz CT molecular complexity index is 2160. The molecule has 0 atom stereocenters. The van der Waals surface area contributed by atoms with E-state index in [0.29, 0.717) is 0 Å². The van der Waals surface area contributed by atoms with Crippen LogP contribution in [0.2, 0.25) is 0 Å². The summed E-state index contributed by atoms with van der Waals surface area (Å²) in [4.78, 5) is 17.3. The van der Waals surface area contributed by atoms with E-state index < -0.39 is 0 Å². The minimum absolute atomic E-state index is 0.105. The quantitative estimate of drug-likeness (QED) is 0.184. The first-order chi connectivity index (χ1) is 25.1. The first kappa shape index (κ1) is 29.3. The molecule has 8 bridgehead atoms. The minimum Gasteiger partial charge on any atom is -0.308 e. The molecule has 4 heteroatoms. The molecular formula is C47H46N4. The maximum absolute atomic E-state index is 5.78. The van der Waals surface area contributed by atoms with E-state index in [1.54, 1.807) is 0 Å². The predicted octanol–water partition coefficient (Wildman–Crippen LogP) is 11.2. The van der Waals surface area contributed by atoms with Gasteiger partial charge in [-0.3, -0.25) is 0 Å². The molecule has 8 fully saturated rings. The summed E-state index contributed by atoms with van der Waals surface area (Å²) >= 11 is 0. The fourth-order valence-corrected chi connectivity index (χ4v) is 13.7. The lowest BCUT2D eigenvalue weighted by Gasteiger charge is -2.57. The highest BCUT2D eigenvalue weighted by Crippen LogP contribution is 2.62. The second-order valence-electron chi connectivity index (χ2n) is 18.1. The van der Waals surface area contributed by atoms with Crippen molar-refractivity contribution in [2.45, 2.75) is 87.9 Å². The van der Waals surface area contributed by atoms with Crippen molar-refractivity contribution in [3.63, 3.8) is 0 Å². The normalized spacial score (nSPS) is 33.1. The molecule has 8 aliphatic rings. The average molecular weight is 667 g/mol. The summed E-state index contributed by atoms with van der Waals surface area (Å²) in [5.41, 5.74) is 7.39. The van der Waals surface area contributed by atoms with Gasteiger partial charge in [0.1, 0.15) is 11.6 Å². The summed E-state index contributed by atoms with van der Waals surface area (Å²) in [6, 6.07) is 35.7. The van der Waals surface area contributed by atoms with Crippen molar-refractivity contribution in [1.29, 1.82) is 0 Å². The number of hydrogen-bond donors (Lipinski definition) is 0. The Balaban J connectivity index is 1.14. The van der Waals surface area contributed by atoms with Gasteiger partial charge in [-0.15, -0.1) is 0 Å². The standard InChI is InChI=1S/C47H46N4/c1-2-9-35(10-3-1)36-13-8-14-39(42(36)51-40-15-6-4-11-37(40)38-12-5-7-16-41(38)51)43-48-44(46-23-29-17-30(24-46)19-31(18-29)25-46)50-45(49-43)47-26-32-20-33(27-47)22-34(21-32)28-47/h1-16,29-34H,17-28H2. The van der Waals surface area contributed by atoms with Gasteiger partial charge in [-0.25, -0.2) is 15.0 Å². The number of fused-ring (bicyclic) bond motifs is 3. The molecule has 2 heterocycles. The van der Waals surface area contributed by atoms with E-state index in [0.717, 1.165) is 58.5 Å². The smallest absolute Gasteiger partial charge is 0.165 e. The molecule has 6 aromatic rings. The Labute approximate surface area is 300 Å².